The van der Waals surface area contributed by atoms with Crippen LogP contribution in [-0.4, -0.2) is 28.8 Å². The van der Waals surface area contributed by atoms with Gasteiger partial charge in [-0.25, -0.2) is 0 Å². The van der Waals surface area contributed by atoms with Crippen LogP contribution in [0.15, 0.2) is 96.6 Å². The number of methoxy groups -OCH3 is 1. The molecule has 0 aromatic heterocycles. The number of hydrogen-bond donors (Lipinski definition) is 1. The summed E-state index contributed by atoms with van der Waals surface area (Å²) in [6, 6.07) is 24.1. The lowest BCUT2D eigenvalue weighted by molar-refractivity contribution is -0.384. The van der Waals surface area contributed by atoms with Gasteiger partial charge in [0.1, 0.15) is 11.5 Å². The van der Waals surface area contributed by atoms with Crippen molar-refractivity contribution < 1.29 is 24.4 Å². The molecule has 1 atom stereocenters. The molecule has 1 fully saturated rings. The zero-order chi connectivity index (χ0) is 25.4. The Labute approximate surface area is 205 Å². The van der Waals surface area contributed by atoms with Crippen molar-refractivity contribution >= 4 is 39.6 Å². The molecule has 0 saturated carbocycles. The minimum absolute atomic E-state index is 0.0963. The molecule has 1 saturated heterocycles. The Balaban J connectivity index is 1.75. The fourth-order valence-electron chi connectivity index (χ4n) is 4.52. The number of nitrogens with zero attached hydrogens (tertiary/aromatic N) is 2. The summed E-state index contributed by atoms with van der Waals surface area (Å²) < 4.78 is 5.22. The molecule has 1 heterocycles. The fourth-order valence-corrected chi connectivity index (χ4v) is 4.52. The first-order valence-electron chi connectivity index (χ1n) is 11.1. The molecule has 1 aliphatic heterocycles. The Morgan fingerprint density at radius 2 is 1.58 bits per heavy atom. The second kappa shape index (κ2) is 8.99. The van der Waals surface area contributed by atoms with Crippen molar-refractivity contribution in [2.24, 2.45) is 0 Å². The highest BCUT2D eigenvalue weighted by atomic mass is 16.6. The van der Waals surface area contributed by atoms with Crippen LogP contribution in [-0.2, 0) is 9.59 Å². The third kappa shape index (κ3) is 3.74. The highest BCUT2D eigenvalue weighted by Gasteiger charge is 2.47. The predicted octanol–water partition coefficient (Wildman–Crippen LogP) is 5.38. The topological polar surface area (TPSA) is 110 Å². The standard InChI is InChI=1S/C28H20N2O6/c1-36-21-15-13-19(14-16-21)29-25(23-8-4-6-17-5-2-3-7-22(17)23)24(27(32)28(29)33)26(31)18-9-11-20(12-10-18)30(34)35/h2-16,25,31H,1H3/b26-24-. The maximum atomic E-state index is 13.4. The van der Waals surface area contributed by atoms with Crippen LogP contribution in [0.1, 0.15) is 17.2 Å². The molecule has 5 rings (SSSR count). The zero-order valence-electron chi connectivity index (χ0n) is 19.1. The van der Waals surface area contributed by atoms with Crippen molar-refractivity contribution in [3.63, 3.8) is 0 Å². The van der Waals surface area contributed by atoms with E-state index in [2.05, 4.69) is 0 Å². The number of aliphatic hydroxyl groups is 1. The minimum atomic E-state index is -0.931. The van der Waals surface area contributed by atoms with Crippen LogP contribution in [0.5, 0.6) is 5.75 Å². The number of fused-ring (bicyclic) bond motifs is 1. The number of ketones is 1. The Hall–Kier alpha value is -4.98. The van der Waals surface area contributed by atoms with Gasteiger partial charge in [-0.05, 0) is 52.7 Å². The molecule has 0 radical (unpaired) electrons. The predicted molar refractivity (Wildman–Crippen MR) is 135 cm³/mol. The molecule has 0 spiro atoms. The summed E-state index contributed by atoms with van der Waals surface area (Å²) >= 11 is 0. The summed E-state index contributed by atoms with van der Waals surface area (Å²) in [6.45, 7) is 0. The van der Waals surface area contributed by atoms with Crippen molar-refractivity contribution in [1.82, 2.24) is 0 Å². The van der Waals surface area contributed by atoms with E-state index in [1.165, 1.54) is 36.3 Å². The van der Waals surface area contributed by atoms with Crippen molar-refractivity contribution in [3.05, 3.63) is 118 Å². The number of non-ortho nitro benzene ring substituents is 1. The van der Waals surface area contributed by atoms with Crippen molar-refractivity contribution in [2.45, 2.75) is 6.04 Å². The molecule has 178 valence electrons. The average Bonchev–Trinajstić information content (AvgIpc) is 3.17. The molecule has 4 aromatic carbocycles. The number of carbonyl (C=O) groups excluding carboxylic acids is 2. The van der Waals surface area contributed by atoms with E-state index in [9.17, 15) is 24.8 Å². The summed E-state index contributed by atoms with van der Waals surface area (Å²) in [4.78, 5) is 38.6. The number of carbonyl (C=O) groups is 2. The highest BCUT2D eigenvalue weighted by molar-refractivity contribution is 6.51. The third-order valence-corrected chi connectivity index (χ3v) is 6.26. The van der Waals surface area contributed by atoms with E-state index >= 15 is 0 Å². The molecule has 4 aromatic rings. The monoisotopic (exact) mass is 480 g/mol. The van der Waals surface area contributed by atoms with Gasteiger partial charge < -0.3 is 9.84 Å². The van der Waals surface area contributed by atoms with Gasteiger partial charge in [0.25, 0.3) is 17.4 Å². The first-order valence-corrected chi connectivity index (χ1v) is 11.1. The highest BCUT2D eigenvalue weighted by Crippen LogP contribution is 2.44. The number of benzene rings is 4. The molecular formula is C28H20N2O6. The van der Waals surface area contributed by atoms with Crippen LogP contribution in [0.25, 0.3) is 16.5 Å². The minimum Gasteiger partial charge on any atom is -0.507 e. The number of rotatable bonds is 5. The zero-order valence-corrected chi connectivity index (χ0v) is 19.1. The molecule has 0 bridgehead atoms. The number of amides is 1. The van der Waals surface area contributed by atoms with Gasteiger partial charge in [0.2, 0.25) is 0 Å². The summed E-state index contributed by atoms with van der Waals surface area (Å²) in [5, 5.41) is 24.1. The number of anilines is 1. The SMILES string of the molecule is COc1ccc(N2C(=O)C(=O)/C(=C(\O)c3ccc([N+](=O)[O-])cc3)C2c2cccc3ccccc23)cc1. The number of hydrogen-bond acceptors (Lipinski definition) is 6. The third-order valence-electron chi connectivity index (χ3n) is 6.26. The largest absolute Gasteiger partial charge is 0.507 e. The molecule has 0 aliphatic carbocycles. The second-order valence-corrected chi connectivity index (χ2v) is 8.24. The van der Waals surface area contributed by atoms with Gasteiger partial charge in [-0.15, -0.1) is 0 Å². The van der Waals surface area contributed by atoms with Gasteiger partial charge in [0, 0.05) is 23.4 Å². The summed E-state index contributed by atoms with van der Waals surface area (Å²) in [5.41, 5.74) is 1.06. The molecule has 1 N–H and O–H groups in total. The number of nitro benzene ring substituents is 1. The van der Waals surface area contributed by atoms with E-state index in [1.54, 1.807) is 24.3 Å². The Bertz CT molecular complexity index is 1540. The smallest absolute Gasteiger partial charge is 0.300 e. The molecule has 1 unspecified atom stereocenters. The maximum Gasteiger partial charge on any atom is 0.300 e. The summed E-state index contributed by atoms with van der Waals surface area (Å²) in [6.07, 6.45) is 0. The van der Waals surface area contributed by atoms with Crippen LogP contribution in [0.3, 0.4) is 0 Å². The second-order valence-electron chi connectivity index (χ2n) is 8.24. The van der Waals surface area contributed by atoms with Crippen LogP contribution < -0.4 is 9.64 Å². The van der Waals surface area contributed by atoms with Gasteiger partial charge in [0.05, 0.1) is 23.6 Å². The van der Waals surface area contributed by atoms with Crippen molar-refractivity contribution in [1.29, 1.82) is 0 Å². The molecule has 8 nitrogen and oxygen atoms in total. The van der Waals surface area contributed by atoms with E-state index in [0.717, 1.165) is 10.8 Å². The van der Waals surface area contributed by atoms with E-state index in [4.69, 9.17) is 4.74 Å². The number of Topliss-reactive ketones (excluding diaryl/α,β-unsaturated/α-hetero) is 1. The van der Waals surface area contributed by atoms with E-state index in [-0.39, 0.29) is 16.8 Å². The van der Waals surface area contributed by atoms with E-state index in [1.807, 2.05) is 42.5 Å². The molecule has 1 aliphatic rings. The molecular weight excluding hydrogens is 460 g/mol. The van der Waals surface area contributed by atoms with Crippen LogP contribution in [0.2, 0.25) is 0 Å². The Morgan fingerprint density at radius 1 is 0.917 bits per heavy atom. The first kappa shape index (κ1) is 22.8. The first-order chi connectivity index (χ1) is 17.4. The number of nitro groups is 1. The molecule has 1 amide bonds. The van der Waals surface area contributed by atoms with E-state index < -0.39 is 28.4 Å². The summed E-state index contributed by atoms with van der Waals surface area (Å²) in [7, 11) is 1.53. The van der Waals surface area contributed by atoms with Crippen LogP contribution in [0.4, 0.5) is 11.4 Å². The maximum absolute atomic E-state index is 13.4. The van der Waals surface area contributed by atoms with Crippen molar-refractivity contribution in [2.75, 3.05) is 12.0 Å². The van der Waals surface area contributed by atoms with Crippen LogP contribution >= 0.6 is 0 Å². The van der Waals surface area contributed by atoms with Gasteiger partial charge in [-0.1, -0.05) is 42.5 Å². The van der Waals surface area contributed by atoms with Gasteiger partial charge in [-0.2, -0.15) is 0 Å². The van der Waals surface area contributed by atoms with Crippen LogP contribution in [0, 0.1) is 10.1 Å². The normalized spacial score (nSPS) is 16.9. The van der Waals surface area contributed by atoms with Crippen molar-refractivity contribution in [3.8, 4) is 5.75 Å². The van der Waals surface area contributed by atoms with E-state index in [0.29, 0.717) is 17.0 Å². The lowest BCUT2D eigenvalue weighted by Crippen LogP contribution is -2.29. The lowest BCUT2D eigenvalue weighted by Gasteiger charge is -2.26. The Kier molecular flexibility index (Phi) is 5.69. The van der Waals surface area contributed by atoms with Gasteiger partial charge in [0.15, 0.2) is 0 Å². The van der Waals surface area contributed by atoms with Gasteiger partial charge >= 0.3 is 0 Å². The van der Waals surface area contributed by atoms with Gasteiger partial charge in [-0.3, -0.25) is 24.6 Å². The average molecular weight is 480 g/mol. The Morgan fingerprint density at radius 3 is 2.25 bits per heavy atom. The number of ether oxygens (including phenoxy) is 1. The fraction of sp³-hybridized carbons (Fsp3) is 0.0714. The molecule has 36 heavy (non-hydrogen) atoms. The molecule has 8 heteroatoms. The quantitative estimate of drug-likeness (QED) is 0.135. The number of aliphatic hydroxyl groups excluding tert-OH is 1. The summed E-state index contributed by atoms with van der Waals surface area (Å²) in [5.74, 6) is -1.46. The lowest BCUT2D eigenvalue weighted by atomic mass is 9.91.